The molecular formula is C14H13F3O3. The number of ether oxygens (including phenoxy) is 1. The molecule has 4 rings (SSSR count). The van der Waals surface area contributed by atoms with Crippen LogP contribution in [0.5, 0.6) is 5.75 Å². The number of carbonyl (C=O) groups is 1. The summed E-state index contributed by atoms with van der Waals surface area (Å²) in [6, 6.07) is 5.80. The third-order valence-corrected chi connectivity index (χ3v) is 4.59. The van der Waals surface area contributed by atoms with Crippen molar-refractivity contribution in [1.82, 2.24) is 0 Å². The van der Waals surface area contributed by atoms with Crippen molar-refractivity contribution in [2.45, 2.75) is 37.5 Å². The normalized spacial score (nSPS) is 31.8. The predicted molar refractivity (Wildman–Crippen MR) is 63.3 cm³/mol. The number of hydrogen-bond donors (Lipinski definition) is 1. The Balaban J connectivity index is 1.76. The Morgan fingerprint density at radius 2 is 1.75 bits per heavy atom. The standard InChI is InChI=1S/C14H13F3O3/c15-14(16,17)20-10-3-1-9(2-4-10)12-5-6-13(7-12,8-12)11(18)19/h1-4H,5-8H2,(H,18,19). The summed E-state index contributed by atoms with van der Waals surface area (Å²) in [5, 5.41) is 9.20. The fraction of sp³-hybridized carbons (Fsp3) is 0.500. The summed E-state index contributed by atoms with van der Waals surface area (Å²) in [6.45, 7) is 0. The lowest BCUT2D eigenvalue weighted by atomic mass is 9.57. The van der Waals surface area contributed by atoms with Gasteiger partial charge in [0, 0.05) is 0 Å². The number of hydrogen-bond acceptors (Lipinski definition) is 2. The Hall–Kier alpha value is -1.72. The summed E-state index contributed by atoms with van der Waals surface area (Å²) in [6.07, 6.45) is -2.12. The number of alkyl halides is 3. The minimum absolute atomic E-state index is 0.171. The predicted octanol–water partition coefficient (Wildman–Crippen LogP) is 3.48. The molecule has 0 amide bonds. The van der Waals surface area contributed by atoms with Crippen LogP contribution in [0.25, 0.3) is 0 Å². The highest BCUT2D eigenvalue weighted by atomic mass is 19.4. The summed E-state index contributed by atoms with van der Waals surface area (Å²) in [5.74, 6) is -1.01. The summed E-state index contributed by atoms with van der Waals surface area (Å²) in [7, 11) is 0. The first-order valence-corrected chi connectivity index (χ1v) is 6.35. The largest absolute Gasteiger partial charge is 0.573 e. The van der Waals surface area contributed by atoms with Gasteiger partial charge in [-0.25, -0.2) is 0 Å². The molecule has 108 valence electrons. The van der Waals surface area contributed by atoms with Crippen molar-refractivity contribution >= 4 is 5.97 Å². The van der Waals surface area contributed by atoms with E-state index in [1.807, 2.05) is 0 Å². The van der Waals surface area contributed by atoms with Crippen LogP contribution in [0.15, 0.2) is 24.3 Å². The van der Waals surface area contributed by atoms with E-state index in [4.69, 9.17) is 0 Å². The Bertz CT molecular complexity index is 542. The van der Waals surface area contributed by atoms with E-state index in [0.29, 0.717) is 19.3 Å². The highest BCUT2D eigenvalue weighted by Crippen LogP contribution is 2.67. The molecule has 3 aliphatic rings. The lowest BCUT2D eigenvalue weighted by Crippen LogP contribution is -2.45. The number of halogens is 3. The first kappa shape index (κ1) is 13.3. The van der Waals surface area contributed by atoms with E-state index in [2.05, 4.69) is 4.74 Å². The second-order valence-electron chi connectivity index (χ2n) is 5.79. The maximum Gasteiger partial charge on any atom is 0.573 e. The van der Waals surface area contributed by atoms with Gasteiger partial charge < -0.3 is 9.84 Å². The molecule has 3 aliphatic carbocycles. The van der Waals surface area contributed by atoms with Gasteiger partial charge in [0.2, 0.25) is 0 Å². The second kappa shape index (κ2) is 3.90. The summed E-state index contributed by atoms with van der Waals surface area (Å²) < 4.78 is 40.1. The zero-order chi connectivity index (χ0) is 14.6. The van der Waals surface area contributed by atoms with Gasteiger partial charge in [-0.1, -0.05) is 12.1 Å². The minimum Gasteiger partial charge on any atom is -0.481 e. The van der Waals surface area contributed by atoms with Crippen LogP contribution < -0.4 is 4.74 Å². The van der Waals surface area contributed by atoms with Gasteiger partial charge in [-0.15, -0.1) is 13.2 Å². The molecule has 0 unspecified atom stereocenters. The first-order chi connectivity index (χ1) is 9.25. The average molecular weight is 286 g/mol. The maximum absolute atomic E-state index is 12.1. The van der Waals surface area contributed by atoms with Crippen molar-refractivity contribution in [1.29, 1.82) is 0 Å². The average Bonchev–Trinajstić information content (AvgIpc) is 2.84. The van der Waals surface area contributed by atoms with Crippen LogP contribution in [-0.4, -0.2) is 17.4 Å². The Kier molecular flexibility index (Phi) is 2.59. The second-order valence-corrected chi connectivity index (χ2v) is 5.79. The Labute approximate surface area is 113 Å². The van der Waals surface area contributed by atoms with E-state index in [0.717, 1.165) is 12.0 Å². The zero-order valence-corrected chi connectivity index (χ0v) is 10.5. The quantitative estimate of drug-likeness (QED) is 0.925. The van der Waals surface area contributed by atoms with Crippen LogP contribution >= 0.6 is 0 Å². The fourth-order valence-electron chi connectivity index (χ4n) is 3.69. The lowest BCUT2D eigenvalue weighted by molar-refractivity contribution is -0.274. The van der Waals surface area contributed by atoms with E-state index in [-0.39, 0.29) is 11.2 Å². The van der Waals surface area contributed by atoms with Gasteiger partial charge in [-0.05, 0) is 48.8 Å². The molecule has 1 aromatic carbocycles. The van der Waals surface area contributed by atoms with Crippen LogP contribution in [0, 0.1) is 5.41 Å². The number of carboxylic acid groups (broad SMARTS) is 1. The molecular weight excluding hydrogens is 273 g/mol. The molecule has 1 aromatic rings. The summed E-state index contributed by atoms with van der Waals surface area (Å²) >= 11 is 0. The van der Waals surface area contributed by atoms with Gasteiger partial charge >= 0.3 is 12.3 Å². The van der Waals surface area contributed by atoms with Crippen molar-refractivity contribution in [3.63, 3.8) is 0 Å². The smallest absolute Gasteiger partial charge is 0.481 e. The van der Waals surface area contributed by atoms with Crippen molar-refractivity contribution < 1.29 is 27.8 Å². The van der Waals surface area contributed by atoms with Crippen molar-refractivity contribution in [3.8, 4) is 5.75 Å². The highest BCUT2D eigenvalue weighted by Gasteiger charge is 2.65. The minimum atomic E-state index is -4.69. The molecule has 0 aliphatic heterocycles. The monoisotopic (exact) mass is 286 g/mol. The Morgan fingerprint density at radius 3 is 2.20 bits per heavy atom. The molecule has 0 aromatic heterocycles. The molecule has 0 heterocycles. The maximum atomic E-state index is 12.1. The van der Waals surface area contributed by atoms with Gasteiger partial charge in [0.25, 0.3) is 0 Å². The lowest BCUT2D eigenvalue weighted by Gasteiger charge is -2.45. The van der Waals surface area contributed by atoms with Crippen LogP contribution in [0.4, 0.5) is 13.2 Å². The van der Waals surface area contributed by atoms with Gasteiger partial charge in [0.1, 0.15) is 5.75 Å². The number of aliphatic carboxylic acids is 1. The molecule has 6 heteroatoms. The van der Waals surface area contributed by atoms with E-state index < -0.39 is 17.7 Å². The van der Waals surface area contributed by atoms with Crippen LogP contribution in [-0.2, 0) is 10.2 Å². The number of rotatable bonds is 3. The van der Waals surface area contributed by atoms with E-state index >= 15 is 0 Å². The molecule has 3 fully saturated rings. The molecule has 3 saturated carbocycles. The molecule has 0 saturated heterocycles. The number of fused-ring (bicyclic) bond motifs is 1. The van der Waals surface area contributed by atoms with Crippen LogP contribution in [0.2, 0.25) is 0 Å². The van der Waals surface area contributed by atoms with Crippen molar-refractivity contribution in [3.05, 3.63) is 29.8 Å². The molecule has 2 bridgehead atoms. The van der Waals surface area contributed by atoms with Gasteiger partial charge in [-0.3, -0.25) is 4.79 Å². The molecule has 0 radical (unpaired) electrons. The van der Waals surface area contributed by atoms with Gasteiger partial charge in [0.05, 0.1) is 5.41 Å². The third kappa shape index (κ3) is 1.94. The number of carboxylic acids is 1. The van der Waals surface area contributed by atoms with E-state index in [1.54, 1.807) is 12.1 Å². The van der Waals surface area contributed by atoms with Gasteiger partial charge in [-0.2, -0.15) is 0 Å². The van der Waals surface area contributed by atoms with Gasteiger partial charge in [0.15, 0.2) is 0 Å². The molecule has 3 nitrogen and oxygen atoms in total. The van der Waals surface area contributed by atoms with E-state index in [1.165, 1.54) is 12.1 Å². The fourth-order valence-corrected chi connectivity index (χ4v) is 3.69. The van der Waals surface area contributed by atoms with Crippen LogP contribution in [0.1, 0.15) is 31.2 Å². The number of benzene rings is 1. The molecule has 0 spiro atoms. The highest BCUT2D eigenvalue weighted by molar-refractivity contribution is 5.78. The van der Waals surface area contributed by atoms with Crippen molar-refractivity contribution in [2.24, 2.45) is 5.41 Å². The summed E-state index contributed by atoms with van der Waals surface area (Å²) in [4.78, 5) is 11.2. The molecule has 1 N–H and O–H groups in total. The first-order valence-electron chi connectivity index (χ1n) is 6.35. The topological polar surface area (TPSA) is 46.5 Å². The Morgan fingerprint density at radius 1 is 1.15 bits per heavy atom. The SMILES string of the molecule is O=C(O)C12CCC(c3ccc(OC(F)(F)F)cc3)(C1)C2. The van der Waals surface area contributed by atoms with Crippen molar-refractivity contribution in [2.75, 3.05) is 0 Å². The van der Waals surface area contributed by atoms with E-state index in [9.17, 15) is 23.1 Å². The molecule has 0 atom stereocenters. The zero-order valence-electron chi connectivity index (χ0n) is 10.5. The molecule has 20 heavy (non-hydrogen) atoms. The third-order valence-electron chi connectivity index (χ3n) is 4.59. The summed E-state index contributed by atoms with van der Waals surface area (Å²) in [5.41, 5.74) is 0.123. The van der Waals surface area contributed by atoms with Crippen LogP contribution in [0.3, 0.4) is 0 Å².